The first-order valence-corrected chi connectivity index (χ1v) is 9.61. The fraction of sp³-hybridized carbons (Fsp3) is 0.167. The molecule has 1 aliphatic heterocycles. The van der Waals surface area contributed by atoms with Crippen molar-refractivity contribution in [2.75, 3.05) is 7.11 Å². The summed E-state index contributed by atoms with van der Waals surface area (Å²) in [5, 5.41) is 0.472. The molecule has 2 aromatic carbocycles. The highest BCUT2D eigenvalue weighted by Gasteiger charge is 2.43. The van der Waals surface area contributed by atoms with E-state index in [9.17, 15) is 9.59 Å². The van der Waals surface area contributed by atoms with Gasteiger partial charge >= 0.3 is 0 Å². The minimum absolute atomic E-state index is 0.0868. The van der Waals surface area contributed by atoms with Crippen LogP contribution in [0, 0.1) is 6.92 Å². The number of methoxy groups -OCH3 is 1. The van der Waals surface area contributed by atoms with Crippen LogP contribution in [0.15, 0.2) is 74.5 Å². The summed E-state index contributed by atoms with van der Waals surface area (Å²) < 4.78 is 16.7. The maximum Gasteiger partial charge on any atom is 0.291 e. The van der Waals surface area contributed by atoms with Crippen molar-refractivity contribution in [1.29, 1.82) is 0 Å². The Kier molecular flexibility index (Phi) is 4.20. The maximum absolute atomic E-state index is 13.5. The van der Waals surface area contributed by atoms with E-state index in [4.69, 9.17) is 13.6 Å². The summed E-state index contributed by atoms with van der Waals surface area (Å²) >= 11 is 0. The molecule has 30 heavy (non-hydrogen) atoms. The lowest BCUT2D eigenvalue weighted by atomic mass is 9.98. The quantitative estimate of drug-likeness (QED) is 0.505. The molecule has 6 nitrogen and oxygen atoms in total. The molecule has 1 amide bonds. The highest BCUT2D eigenvalue weighted by Crippen LogP contribution is 2.39. The predicted octanol–water partition coefficient (Wildman–Crippen LogP) is 4.45. The minimum Gasteiger partial charge on any atom is -0.497 e. The van der Waals surface area contributed by atoms with E-state index < -0.39 is 6.04 Å². The zero-order chi connectivity index (χ0) is 20.8. The van der Waals surface area contributed by atoms with Crippen LogP contribution in [-0.2, 0) is 6.54 Å². The molecule has 0 fully saturated rings. The number of amides is 1. The number of carbonyl (C=O) groups excluding carboxylic acids is 1. The molecule has 2 aromatic heterocycles. The van der Waals surface area contributed by atoms with Crippen molar-refractivity contribution in [3.8, 4) is 5.75 Å². The Morgan fingerprint density at radius 2 is 1.87 bits per heavy atom. The lowest BCUT2D eigenvalue weighted by molar-refractivity contribution is 0.0701. The molecule has 150 valence electrons. The van der Waals surface area contributed by atoms with E-state index in [0.29, 0.717) is 28.0 Å². The Balaban J connectivity index is 1.73. The van der Waals surface area contributed by atoms with Gasteiger partial charge in [-0.3, -0.25) is 9.59 Å². The van der Waals surface area contributed by atoms with Crippen molar-refractivity contribution in [3.05, 3.63) is 99.3 Å². The van der Waals surface area contributed by atoms with Crippen LogP contribution in [0.25, 0.3) is 11.0 Å². The molecule has 4 aromatic rings. The van der Waals surface area contributed by atoms with Crippen LogP contribution in [-0.4, -0.2) is 17.9 Å². The van der Waals surface area contributed by atoms with Crippen molar-refractivity contribution in [2.45, 2.75) is 19.5 Å². The number of benzene rings is 2. The van der Waals surface area contributed by atoms with Gasteiger partial charge in [0.1, 0.15) is 17.1 Å². The SMILES string of the molecule is COc1ccc([C@H]2c3c(oc4ccc(C)cc4c3=O)C(=O)N2Cc2ccco2)cc1. The summed E-state index contributed by atoms with van der Waals surface area (Å²) in [5.74, 6) is 1.08. The molecule has 0 aliphatic carbocycles. The van der Waals surface area contributed by atoms with Crippen LogP contribution in [0.2, 0.25) is 0 Å². The second kappa shape index (κ2) is 6.91. The van der Waals surface area contributed by atoms with E-state index in [0.717, 1.165) is 11.1 Å². The van der Waals surface area contributed by atoms with Crippen molar-refractivity contribution in [2.24, 2.45) is 0 Å². The number of ether oxygens (including phenoxy) is 1. The monoisotopic (exact) mass is 401 g/mol. The van der Waals surface area contributed by atoms with Gasteiger partial charge in [0.15, 0.2) is 5.43 Å². The van der Waals surface area contributed by atoms with Gasteiger partial charge in [0, 0.05) is 0 Å². The fourth-order valence-corrected chi connectivity index (χ4v) is 4.00. The molecule has 0 saturated heterocycles. The lowest BCUT2D eigenvalue weighted by Gasteiger charge is -2.24. The molecule has 0 radical (unpaired) electrons. The van der Waals surface area contributed by atoms with Gasteiger partial charge < -0.3 is 18.5 Å². The first-order valence-electron chi connectivity index (χ1n) is 9.61. The van der Waals surface area contributed by atoms with Gasteiger partial charge in [-0.1, -0.05) is 23.8 Å². The number of hydrogen-bond acceptors (Lipinski definition) is 5. The Bertz CT molecular complexity index is 1300. The summed E-state index contributed by atoms with van der Waals surface area (Å²) in [4.78, 5) is 28.4. The molecule has 1 atom stereocenters. The van der Waals surface area contributed by atoms with Crippen LogP contribution in [0.4, 0.5) is 0 Å². The van der Waals surface area contributed by atoms with Gasteiger partial charge in [-0.15, -0.1) is 0 Å². The number of fused-ring (bicyclic) bond motifs is 2. The standard InChI is InChI=1S/C24H19NO5/c1-14-5-10-19-18(12-14)22(26)20-21(15-6-8-16(28-2)9-7-15)25(24(27)23(20)30-19)13-17-4-3-11-29-17/h3-12,21H,13H2,1-2H3/t21-/m0/s1. The first kappa shape index (κ1) is 18.2. The minimum atomic E-state index is -0.579. The zero-order valence-electron chi connectivity index (χ0n) is 16.5. The fourth-order valence-electron chi connectivity index (χ4n) is 4.00. The van der Waals surface area contributed by atoms with E-state index in [1.165, 1.54) is 0 Å². The van der Waals surface area contributed by atoms with Crippen LogP contribution in [0.5, 0.6) is 5.75 Å². The largest absolute Gasteiger partial charge is 0.497 e. The molecule has 3 heterocycles. The highest BCUT2D eigenvalue weighted by molar-refractivity contribution is 5.99. The molecule has 0 bridgehead atoms. The molecule has 1 aliphatic rings. The summed E-state index contributed by atoms with van der Waals surface area (Å²) in [6.45, 7) is 2.14. The molecule has 5 rings (SSSR count). The van der Waals surface area contributed by atoms with Gasteiger partial charge in [0.25, 0.3) is 5.91 Å². The number of furan rings is 1. The molecule has 0 saturated carbocycles. The van der Waals surface area contributed by atoms with E-state index in [-0.39, 0.29) is 23.6 Å². The molecule has 0 N–H and O–H groups in total. The van der Waals surface area contributed by atoms with E-state index in [1.807, 2.05) is 37.3 Å². The second-order valence-corrected chi connectivity index (χ2v) is 7.36. The second-order valence-electron chi connectivity index (χ2n) is 7.36. The van der Waals surface area contributed by atoms with Crippen LogP contribution < -0.4 is 10.2 Å². The average molecular weight is 401 g/mol. The maximum atomic E-state index is 13.5. The van der Waals surface area contributed by atoms with Crippen molar-refractivity contribution < 1.29 is 18.4 Å². The Labute approximate surface area is 172 Å². The van der Waals surface area contributed by atoms with E-state index in [2.05, 4.69) is 0 Å². The van der Waals surface area contributed by atoms with Gasteiger partial charge in [-0.05, 0) is 48.9 Å². The van der Waals surface area contributed by atoms with Gasteiger partial charge in [-0.25, -0.2) is 0 Å². The number of rotatable bonds is 4. The van der Waals surface area contributed by atoms with Crippen molar-refractivity contribution >= 4 is 16.9 Å². The normalized spacial score (nSPS) is 15.6. The molecular formula is C24H19NO5. The summed E-state index contributed by atoms with van der Waals surface area (Å²) in [7, 11) is 1.59. The molecule has 0 spiro atoms. The topological polar surface area (TPSA) is 72.9 Å². The third-order valence-corrected chi connectivity index (χ3v) is 5.46. The van der Waals surface area contributed by atoms with E-state index >= 15 is 0 Å². The summed E-state index contributed by atoms with van der Waals surface area (Å²) in [5.41, 5.74) is 2.33. The van der Waals surface area contributed by atoms with Crippen molar-refractivity contribution in [1.82, 2.24) is 4.90 Å². The zero-order valence-corrected chi connectivity index (χ0v) is 16.5. The predicted molar refractivity (Wildman–Crippen MR) is 111 cm³/mol. The number of nitrogens with zero attached hydrogens (tertiary/aromatic N) is 1. The lowest BCUT2D eigenvalue weighted by Crippen LogP contribution is -2.29. The third-order valence-electron chi connectivity index (χ3n) is 5.46. The molecule has 0 unspecified atom stereocenters. The highest BCUT2D eigenvalue weighted by atomic mass is 16.5. The Hall–Kier alpha value is -3.80. The Morgan fingerprint density at radius 1 is 1.07 bits per heavy atom. The Morgan fingerprint density at radius 3 is 2.57 bits per heavy atom. The number of aryl methyl sites for hydroxylation is 1. The van der Waals surface area contributed by atoms with Gasteiger partial charge in [0.05, 0.1) is 36.9 Å². The number of hydrogen-bond donors (Lipinski definition) is 0. The summed E-state index contributed by atoms with van der Waals surface area (Å²) in [6, 6.07) is 15.7. The van der Waals surface area contributed by atoms with Gasteiger partial charge in [0.2, 0.25) is 5.76 Å². The third kappa shape index (κ3) is 2.80. The van der Waals surface area contributed by atoms with Crippen LogP contribution >= 0.6 is 0 Å². The van der Waals surface area contributed by atoms with E-state index in [1.54, 1.807) is 42.5 Å². The first-order chi connectivity index (χ1) is 14.6. The van der Waals surface area contributed by atoms with Crippen molar-refractivity contribution in [3.63, 3.8) is 0 Å². The average Bonchev–Trinajstić information content (AvgIpc) is 3.37. The van der Waals surface area contributed by atoms with Gasteiger partial charge in [-0.2, -0.15) is 0 Å². The van der Waals surface area contributed by atoms with Crippen LogP contribution in [0.1, 0.15) is 39.0 Å². The summed E-state index contributed by atoms with van der Waals surface area (Å²) in [6.07, 6.45) is 1.56. The molecular weight excluding hydrogens is 382 g/mol. The smallest absolute Gasteiger partial charge is 0.291 e. The molecule has 6 heteroatoms. The number of carbonyl (C=O) groups is 1. The van der Waals surface area contributed by atoms with Crippen LogP contribution in [0.3, 0.4) is 0 Å².